The second-order valence-corrected chi connectivity index (χ2v) is 2.81. The van der Waals surface area contributed by atoms with Crippen LogP contribution >= 0.6 is 0 Å². The molecule has 0 atom stereocenters. The smallest absolute Gasteiger partial charge is 0.185 e. The first-order chi connectivity index (χ1) is 6.77. The molecule has 0 aliphatic heterocycles. The molecule has 1 aliphatic rings. The van der Waals surface area contributed by atoms with Gasteiger partial charge in [-0.1, -0.05) is 44.7 Å². The van der Waals surface area contributed by atoms with Gasteiger partial charge in [0.15, 0.2) is 5.78 Å². The van der Waals surface area contributed by atoms with Crippen LogP contribution in [-0.2, 0) is 4.79 Å². The number of carbonyl (C=O) groups excluding carboxylic acids is 1. The number of fused-ring (bicyclic) bond motifs is 1. The summed E-state index contributed by atoms with van der Waals surface area (Å²) in [5.41, 5.74) is 0.564. The average Bonchev–Trinajstić information content (AvgIpc) is 2.23. The molecule has 0 fully saturated rings. The van der Waals surface area contributed by atoms with Crippen molar-refractivity contribution < 1.29 is 4.79 Å². The van der Waals surface area contributed by atoms with E-state index in [0.29, 0.717) is 5.57 Å². The van der Waals surface area contributed by atoms with Gasteiger partial charge >= 0.3 is 0 Å². The minimum Gasteiger partial charge on any atom is -0.289 e. The topological polar surface area (TPSA) is 17.1 Å². The van der Waals surface area contributed by atoms with E-state index in [1.54, 1.807) is 6.08 Å². The van der Waals surface area contributed by atoms with E-state index < -0.39 is 0 Å². The van der Waals surface area contributed by atoms with Gasteiger partial charge in [-0.2, -0.15) is 0 Å². The Morgan fingerprint density at radius 3 is 2.07 bits per heavy atom. The van der Waals surface area contributed by atoms with Gasteiger partial charge in [-0.05, 0) is 22.6 Å². The number of hydrogen-bond acceptors (Lipinski definition) is 1. The van der Waals surface area contributed by atoms with E-state index in [1.165, 1.54) is 0 Å². The van der Waals surface area contributed by atoms with Crippen LogP contribution in [0, 0.1) is 0 Å². The molecule has 0 unspecified atom stereocenters. The van der Waals surface area contributed by atoms with Crippen LogP contribution in [0.25, 0.3) is 12.2 Å². The van der Waals surface area contributed by atoms with Crippen LogP contribution in [-0.4, -0.2) is 5.78 Å². The van der Waals surface area contributed by atoms with E-state index in [9.17, 15) is 4.79 Å². The summed E-state index contributed by atoms with van der Waals surface area (Å²) in [5.74, 6) is 0.00806. The second-order valence-electron chi connectivity index (χ2n) is 2.81. The molecule has 0 heterocycles. The van der Waals surface area contributed by atoms with Crippen LogP contribution in [0.3, 0.4) is 0 Å². The highest BCUT2D eigenvalue weighted by atomic mass is 16.1. The molecule has 0 amide bonds. The highest BCUT2D eigenvalue weighted by Crippen LogP contribution is 1.97. The number of carbonyl (C=O) groups is 1. The zero-order valence-corrected chi connectivity index (χ0v) is 8.58. The standard InChI is InChI=1S/C11H8O.C2H6/c1-8-6-9-4-2-3-5-10(9)7-11(8)12;1-2/h2-7H,1H2;1-2H3. The quantitative estimate of drug-likeness (QED) is 0.560. The van der Waals surface area contributed by atoms with Crippen LogP contribution in [0.4, 0.5) is 0 Å². The Bertz CT molecular complexity index is 421. The molecule has 0 saturated carbocycles. The van der Waals surface area contributed by atoms with Gasteiger partial charge in [0, 0.05) is 5.57 Å². The van der Waals surface area contributed by atoms with Crippen molar-refractivity contribution in [1.29, 1.82) is 0 Å². The fourth-order valence-corrected chi connectivity index (χ4v) is 1.27. The summed E-state index contributed by atoms with van der Waals surface area (Å²) < 4.78 is 0. The molecule has 1 aliphatic carbocycles. The molecule has 72 valence electrons. The third-order valence-corrected chi connectivity index (χ3v) is 1.93. The Morgan fingerprint density at radius 1 is 1.00 bits per heavy atom. The maximum Gasteiger partial charge on any atom is 0.185 e. The van der Waals surface area contributed by atoms with Crippen LogP contribution in [0.1, 0.15) is 13.8 Å². The van der Waals surface area contributed by atoms with Gasteiger partial charge < -0.3 is 0 Å². The monoisotopic (exact) mass is 186 g/mol. The van der Waals surface area contributed by atoms with Crippen LogP contribution in [0.5, 0.6) is 0 Å². The average molecular weight is 186 g/mol. The van der Waals surface area contributed by atoms with E-state index in [-0.39, 0.29) is 5.78 Å². The number of ketones is 1. The van der Waals surface area contributed by atoms with Crippen molar-refractivity contribution in [2.45, 2.75) is 13.8 Å². The summed E-state index contributed by atoms with van der Waals surface area (Å²) in [6, 6.07) is 7.77. The Labute approximate surface area is 84.1 Å². The van der Waals surface area contributed by atoms with Crippen LogP contribution < -0.4 is 10.4 Å². The molecular weight excluding hydrogens is 172 g/mol. The molecule has 1 aromatic rings. The van der Waals surface area contributed by atoms with Crippen LogP contribution in [0.2, 0.25) is 0 Å². The first-order valence-corrected chi connectivity index (χ1v) is 4.79. The Hall–Kier alpha value is -1.63. The Morgan fingerprint density at radius 2 is 1.50 bits per heavy atom. The fraction of sp³-hybridized carbons (Fsp3) is 0.154. The number of rotatable bonds is 0. The zero-order chi connectivity index (χ0) is 10.6. The minimum atomic E-state index is 0.00806. The van der Waals surface area contributed by atoms with Crippen molar-refractivity contribution in [3.8, 4) is 0 Å². The molecule has 0 bridgehead atoms. The van der Waals surface area contributed by atoms with E-state index in [2.05, 4.69) is 6.58 Å². The van der Waals surface area contributed by atoms with Crippen molar-refractivity contribution >= 4 is 17.9 Å². The van der Waals surface area contributed by atoms with Gasteiger partial charge in [-0.3, -0.25) is 4.79 Å². The van der Waals surface area contributed by atoms with Crippen molar-refractivity contribution in [1.82, 2.24) is 0 Å². The fourth-order valence-electron chi connectivity index (χ4n) is 1.27. The molecule has 0 saturated heterocycles. The van der Waals surface area contributed by atoms with E-state index in [0.717, 1.165) is 10.4 Å². The van der Waals surface area contributed by atoms with Gasteiger partial charge in [0.05, 0.1) is 0 Å². The Balaban J connectivity index is 0.000000461. The number of hydrogen-bond donors (Lipinski definition) is 0. The maximum atomic E-state index is 11.2. The van der Waals surface area contributed by atoms with Gasteiger partial charge in [0.1, 0.15) is 0 Å². The van der Waals surface area contributed by atoms with Gasteiger partial charge in [-0.25, -0.2) is 0 Å². The normalized spacial score (nSPS) is 13.0. The molecule has 1 aromatic carbocycles. The van der Waals surface area contributed by atoms with Crippen molar-refractivity contribution in [2.24, 2.45) is 0 Å². The van der Waals surface area contributed by atoms with Gasteiger partial charge in [0.2, 0.25) is 0 Å². The maximum absolute atomic E-state index is 11.2. The summed E-state index contributed by atoms with van der Waals surface area (Å²) in [7, 11) is 0. The largest absolute Gasteiger partial charge is 0.289 e. The highest BCUT2D eigenvalue weighted by molar-refractivity contribution is 6.21. The van der Waals surface area contributed by atoms with Crippen molar-refractivity contribution in [2.75, 3.05) is 0 Å². The van der Waals surface area contributed by atoms with Gasteiger partial charge in [0.25, 0.3) is 0 Å². The highest BCUT2D eigenvalue weighted by Gasteiger charge is 2.04. The molecular formula is C13H14O. The summed E-state index contributed by atoms with van der Waals surface area (Å²) in [4.78, 5) is 11.2. The number of Topliss-reactive ketones (excluding diaryl/α,β-unsaturated/α-hetero) is 1. The third kappa shape index (κ3) is 1.99. The summed E-state index contributed by atoms with van der Waals surface area (Å²) >= 11 is 0. The lowest BCUT2D eigenvalue weighted by molar-refractivity contribution is -0.109. The van der Waals surface area contributed by atoms with Crippen LogP contribution in [0.15, 0.2) is 36.4 Å². The first kappa shape index (κ1) is 10.5. The molecule has 2 rings (SSSR count). The SMILES string of the molecule is C=C1C=c2ccccc2=CC1=O.CC. The summed E-state index contributed by atoms with van der Waals surface area (Å²) in [6.07, 6.45) is 3.44. The lowest BCUT2D eigenvalue weighted by atomic mass is 10.0. The molecule has 0 radical (unpaired) electrons. The first-order valence-electron chi connectivity index (χ1n) is 4.79. The molecule has 1 nitrogen and oxygen atoms in total. The number of allylic oxidation sites excluding steroid dienone is 1. The predicted octanol–water partition coefficient (Wildman–Crippen LogP) is 1.41. The van der Waals surface area contributed by atoms with Crippen molar-refractivity contribution in [3.63, 3.8) is 0 Å². The molecule has 14 heavy (non-hydrogen) atoms. The minimum absolute atomic E-state index is 0.00806. The second kappa shape index (κ2) is 4.56. The molecule has 0 spiro atoms. The van der Waals surface area contributed by atoms with E-state index in [1.807, 2.05) is 44.2 Å². The van der Waals surface area contributed by atoms with E-state index >= 15 is 0 Å². The molecule has 0 aromatic heterocycles. The van der Waals surface area contributed by atoms with Gasteiger partial charge in [-0.15, -0.1) is 0 Å². The molecule has 1 heteroatoms. The summed E-state index contributed by atoms with van der Waals surface area (Å²) in [5, 5.41) is 2.05. The molecule has 0 N–H and O–H groups in total. The third-order valence-electron chi connectivity index (χ3n) is 1.93. The van der Waals surface area contributed by atoms with E-state index in [4.69, 9.17) is 0 Å². The predicted molar refractivity (Wildman–Crippen MR) is 60.1 cm³/mol. The van der Waals surface area contributed by atoms with Crippen molar-refractivity contribution in [3.05, 3.63) is 46.9 Å². The Kier molecular flexibility index (Phi) is 3.41. The lowest BCUT2D eigenvalue weighted by Gasteiger charge is -2.00. The zero-order valence-electron chi connectivity index (χ0n) is 8.58. The summed E-state index contributed by atoms with van der Waals surface area (Å²) in [6.45, 7) is 7.66. The lowest BCUT2D eigenvalue weighted by Crippen LogP contribution is -2.29. The number of benzene rings is 1.